The second kappa shape index (κ2) is 7.31. The molecule has 0 heterocycles. The summed E-state index contributed by atoms with van der Waals surface area (Å²) in [6.07, 6.45) is 2.72. The Morgan fingerprint density at radius 2 is 1.95 bits per heavy atom. The van der Waals surface area contributed by atoms with Crippen molar-refractivity contribution in [2.24, 2.45) is 5.92 Å². The van der Waals surface area contributed by atoms with E-state index in [0.29, 0.717) is 15.6 Å². The molecule has 1 aromatic carbocycles. The third-order valence-electron chi connectivity index (χ3n) is 2.63. The van der Waals surface area contributed by atoms with E-state index in [9.17, 15) is 9.59 Å². The topological polar surface area (TPSA) is 66.4 Å². The zero-order chi connectivity index (χ0) is 15.3. The maximum absolute atomic E-state index is 11.7. The molecule has 1 rings (SSSR count). The number of carbonyl (C=O) groups excluding carboxylic acids is 1. The second-order valence-corrected chi connectivity index (χ2v) is 5.33. The Balaban J connectivity index is 2.77. The third kappa shape index (κ3) is 4.54. The van der Waals surface area contributed by atoms with Crippen LogP contribution in [0.2, 0.25) is 10.0 Å². The maximum atomic E-state index is 11.7. The molecule has 0 unspecified atom stereocenters. The first-order valence-electron chi connectivity index (χ1n) is 5.98. The van der Waals surface area contributed by atoms with Gasteiger partial charge in [-0.05, 0) is 23.6 Å². The lowest BCUT2D eigenvalue weighted by Crippen LogP contribution is -2.43. The van der Waals surface area contributed by atoms with E-state index in [1.165, 1.54) is 12.2 Å². The molecule has 0 fully saturated rings. The number of benzene rings is 1. The van der Waals surface area contributed by atoms with Gasteiger partial charge in [0.1, 0.15) is 6.04 Å². The van der Waals surface area contributed by atoms with Crippen LogP contribution < -0.4 is 5.32 Å². The van der Waals surface area contributed by atoms with Crippen LogP contribution in [0.15, 0.2) is 24.3 Å². The number of carboxylic acids is 1. The van der Waals surface area contributed by atoms with E-state index in [2.05, 4.69) is 5.32 Å². The van der Waals surface area contributed by atoms with Gasteiger partial charge in [-0.3, -0.25) is 4.79 Å². The van der Waals surface area contributed by atoms with Crippen molar-refractivity contribution < 1.29 is 14.7 Å². The zero-order valence-electron chi connectivity index (χ0n) is 11.1. The van der Waals surface area contributed by atoms with E-state index < -0.39 is 17.9 Å². The van der Waals surface area contributed by atoms with E-state index >= 15 is 0 Å². The third-order valence-corrected chi connectivity index (χ3v) is 3.46. The summed E-state index contributed by atoms with van der Waals surface area (Å²) in [4.78, 5) is 22.7. The van der Waals surface area contributed by atoms with Crippen LogP contribution in [-0.4, -0.2) is 23.0 Å². The number of carbonyl (C=O) groups is 2. The normalized spacial score (nSPS) is 12.7. The van der Waals surface area contributed by atoms with Gasteiger partial charge in [0.05, 0.1) is 10.0 Å². The van der Waals surface area contributed by atoms with Gasteiger partial charge in [-0.1, -0.05) is 49.2 Å². The van der Waals surface area contributed by atoms with Crippen molar-refractivity contribution in [3.05, 3.63) is 39.9 Å². The van der Waals surface area contributed by atoms with Crippen LogP contribution in [0.3, 0.4) is 0 Å². The van der Waals surface area contributed by atoms with Crippen molar-refractivity contribution in [1.29, 1.82) is 0 Å². The van der Waals surface area contributed by atoms with Crippen LogP contribution in [0.25, 0.3) is 6.08 Å². The van der Waals surface area contributed by atoms with E-state index in [4.69, 9.17) is 28.3 Å². The first-order chi connectivity index (χ1) is 9.32. The molecule has 2 N–H and O–H groups in total. The number of nitrogens with one attached hydrogen (secondary N) is 1. The summed E-state index contributed by atoms with van der Waals surface area (Å²) >= 11 is 11.8. The molecule has 0 aliphatic rings. The Hall–Kier alpha value is -1.52. The minimum Gasteiger partial charge on any atom is -0.480 e. The molecule has 1 amide bonds. The Morgan fingerprint density at radius 1 is 1.30 bits per heavy atom. The predicted octanol–water partition coefficient (Wildman–Crippen LogP) is 3.23. The highest BCUT2D eigenvalue weighted by atomic mass is 35.5. The highest BCUT2D eigenvalue weighted by molar-refractivity contribution is 6.42. The van der Waals surface area contributed by atoms with Crippen LogP contribution in [0, 0.1) is 5.92 Å². The quantitative estimate of drug-likeness (QED) is 0.820. The molecule has 6 heteroatoms. The summed E-state index contributed by atoms with van der Waals surface area (Å²) < 4.78 is 0. The van der Waals surface area contributed by atoms with Crippen LogP contribution in [-0.2, 0) is 9.59 Å². The fourth-order valence-corrected chi connectivity index (χ4v) is 1.90. The summed E-state index contributed by atoms with van der Waals surface area (Å²) in [5.41, 5.74) is 0.589. The van der Waals surface area contributed by atoms with Gasteiger partial charge in [0.15, 0.2) is 0 Å². The van der Waals surface area contributed by atoms with E-state index in [-0.39, 0.29) is 5.92 Å². The lowest BCUT2D eigenvalue weighted by Gasteiger charge is -2.16. The second-order valence-electron chi connectivity index (χ2n) is 4.54. The fraction of sp³-hybridized carbons (Fsp3) is 0.286. The van der Waals surface area contributed by atoms with Crippen LogP contribution >= 0.6 is 23.2 Å². The van der Waals surface area contributed by atoms with Crippen LogP contribution in [0.1, 0.15) is 19.4 Å². The number of hydrogen-bond donors (Lipinski definition) is 2. The van der Waals surface area contributed by atoms with E-state index in [1.807, 2.05) is 0 Å². The zero-order valence-corrected chi connectivity index (χ0v) is 12.6. The molecular formula is C14H15Cl2NO3. The highest BCUT2D eigenvalue weighted by Crippen LogP contribution is 2.26. The molecule has 4 nitrogen and oxygen atoms in total. The van der Waals surface area contributed by atoms with Gasteiger partial charge in [0.2, 0.25) is 5.91 Å². The van der Waals surface area contributed by atoms with Gasteiger partial charge in [-0.25, -0.2) is 4.79 Å². The lowest BCUT2D eigenvalue weighted by atomic mass is 10.0. The number of amides is 1. The van der Waals surface area contributed by atoms with Gasteiger partial charge >= 0.3 is 5.97 Å². The first kappa shape index (κ1) is 16.5. The molecule has 0 saturated heterocycles. The average Bonchev–Trinajstić information content (AvgIpc) is 2.37. The van der Waals surface area contributed by atoms with Gasteiger partial charge in [0.25, 0.3) is 0 Å². The molecule has 1 atom stereocenters. The SMILES string of the molecule is CC(C)[C@H](NC(=O)/C=C/c1cccc(Cl)c1Cl)C(=O)O. The molecule has 0 radical (unpaired) electrons. The molecule has 0 bridgehead atoms. The minimum atomic E-state index is -1.07. The molecule has 0 saturated carbocycles. The number of rotatable bonds is 5. The molecular weight excluding hydrogens is 301 g/mol. The molecule has 0 aromatic heterocycles. The standard InChI is InChI=1S/C14H15Cl2NO3/c1-8(2)13(14(19)20)17-11(18)7-6-9-4-3-5-10(15)12(9)16/h3-8,13H,1-2H3,(H,17,18)(H,19,20)/b7-6+/t13-/m0/s1. The van der Waals surface area contributed by atoms with Crippen molar-refractivity contribution in [2.75, 3.05) is 0 Å². The van der Waals surface area contributed by atoms with E-state index in [0.717, 1.165) is 0 Å². The Kier molecular flexibility index (Phi) is 6.05. The lowest BCUT2D eigenvalue weighted by molar-refractivity contribution is -0.142. The Labute approximate surface area is 127 Å². The molecule has 20 heavy (non-hydrogen) atoms. The smallest absolute Gasteiger partial charge is 0.326 e. The van der Waals surface area contributed by atoms with Gasteiger partial charge in [-0.15, -0.1) is 0 Å². The summed E-state index contributed by atoms with van der Waals surface area (Å²) in [5, 5.41) is 12.1. The van der Waals surface area contributed by atoms with Crippen molar-refractivity contribution in [2.45, 2.75) is 19.9 Å². The number of hydrogen-bond acceptors (Lipinski definition) is 2. The monoisotopic (exact) mass is 315 g/mol. The number of carboxylic acid groups (broad SMARTS) is 1. The molecule has 0 aliphatic carbocycles. The predicted molar refractivity (Wildman–Crippen MR) is 79.9 cm³/mol. The van der Waals surface area contributed by atoms with Gasteiger partial charge in [-0.2, -0.15) is 0 Å². The van der Waals surface area contributed by atoms with Gasteiger partial charge in [0, 0.05) is 6.08 Å². The van der Waals surface area contributed by atoms with Crippen LogP contribution in [0.5, 0.6) is 0 Å². The minimum absolute atomic E-state index is 0.209. The molecule has 0 aliphatic heterocycles. The summed E-state index contributed by atoms with van der Waals surface area (Å²) in [7, 11) is 0. The first-order valence-corrected chi connectivity index (χ1v) is 6.74. The summed E-state index contributed by atoms with van der Waals surface area (Å²) in [6, 6.07) is 4.12. The number of aliphatic carboxylic acids is 1. The van der Waals surface area contributed by atoms with E-state index in [1.54, 1.807) is 32.0 Å². The fourth-order valence-electron chi connectivity index (χ4n) is 1.53. The highest BCUT2D eigenvalue weighted by Gasteiger charge is 2.22. The average molecular weight is 316 g/mol. The van der Waals surface area contributed by atoms with Crippen LogP contribution in [0.4, 0.5) is 0 Å². The summed E-state index contributed by atoms with van der Waals surface area (Å²) in [5.74, 6) is -1.77. The van der Waals surface area contributed by atoms with Crippen molar-refractivity contribution in [3.8, 4) is 0 Å². The summed E-state index contributed by atoms with van der Waals surface area (Å²) in [6.45, 7) is 3.44. The molecule has 0 spiro atoms. The largest absolute Gasteiger partial charge is 0.480 e. The van der Waals surface area contributed by atoms with Crippen molar-refractivity contribution >= 4 is 41.2 Å². The van der Waals surface area contributed by atoms with Gasteiger partial charge < -0.3 is 10.4 Å². The van der Waals surface area contributed by atoms with Crippen molar-refractivity contribution in [3.63, 3.8) is 0 Å². The Morgan fingerprint density at radius 3 is 2.50 bits per heavy atom. The Bertz CT molecular complexity index is 541. The maximum Gasteiger partial charge on any atom is 0.326 e. The molecule has 1 aromatic rings. The molecule has 108 valence electrons. The number of halogens is 2. The van der Waals surface area contributed by atoms with Crippen molar-refractivity contribution in [1.82, 2.24) is 5.32 Å².